The Morgan fingerprint density at radius 2 is 1.95 bits per heavy atom. The highest BCUT2D eigenvalue weighted by Gasteiger charge is 2.23. The maximum absolute atomic E-state index is 10.4. The molecule has 2 rings (SSSR count). The molecule has 1 fully saturated rings. The molecule has 2 atom stereocenters. The van der Waals surface area contributed by atoms with Gasteiger partial charge in [-0.2, -0.15) is 0 Å². The highest BCUT2D eigenvalue weighted by molar-refractivity contribution is 5.29. The van der Waals surface area contributed by atoms with Crippen LogP contribution in [0.2, 0.25) is 0 Å². The smallest absolute Gasteiger partial charge is 0.0942 e. The fourth-order valence-electron chi connectivity index (χ4n) is 2.72. The molecule has 0 radical (unpaired) electrons. The summed E-state index contributed by atoms with van der Waals surface area (Å²) < 4.78 is 0. The summed E-state index contributed by atoms with van der Waals surface area (Å²) in [5, 5.41) is 13.9. The Balaban J connectivity index is 2.09. The summed E-state index contributed by atoms with van der Waals surface area (Å²) in [6.07, 6.45) is 4.27. The Hall–Kier alpha value is -0.860. The minimum atomic E-state index is -0.376. The van der Waals surface area contributed by atoms with Crippen LogP contribution in [0.4, 0.5) is 0 Å². The Bertz CT molecular complexity index is 390. The molecule has 19 heavy (non-hydrogen) atoms. The normalized spacial score (nSPS) is 22.2. The molecule has 2 nitrogen and oxygen atoms in total. The molecule has 0 saturated carbocycles. The van der Waals surface area contributed by atoms with Crippen LogP contribution in [0.3, 0.4) is 0 Å². The number of aliphatic hydroxyl groups is 1. The third kappa shape index (κ3) is 3.37. The van der Waals surface area contributed by atoms with E-state index in [0.717, 1.165) is 24.9 Å². The quantitative estimate of drug-likeness (QED) is 0.868. The van der Waals surface area contributed by atoms with Crippen molar-refractivity contribution in [1.29, 1.82) is 0 Å². The lowest BCUT2D eigenvalue weighted by atomic mass is 9.81. The molecule has 1 aliphatic rings. The van der Waals surface area contributed by atoms with E-state index in [2.05, 4.69) is 50.4 Å². The lowest BCUT2D eigenvalue weighted by Gasteiger charge is -2.29. The molecular formula is C17H27NO. The van der Waals surface area contributed by atoms with Crippen molar-refractivity contribution < 1.29 is 5.11 Å². The first kappa shape index (κ1) is 14.5. The first-order valence-electron chi connectivity index (χ1n) is 7.56. The van der Waals surface area contributed by atoms with Crippen LogP contribution in [-0.2, 0) is 5.41 Å². The standard InChI is InChI=1S/C17H27NO/c1-4-17(2,3)14-10-8-13(9-11-14)16(19)15-7-5-6-12-18-15/h8-11,15-16,18-19H,4-7,12H2,1-3H3. The monoisotopic (exact) mass is 261 g/mol. The largest absolute Gasteiger partial charge is 0.387 e. The zero-order valence-electron chi connectivity index (χ0n) is 12.4. The first-order valence-corrected chi connectivity index (χ1v) is 7.56. The summed E-state index contributed by atoms with van der Waals surface area (Å²) >= 11 is 0. The number of rotatable bonds is 4. The van der Waals surface area contributed by atoms with E-state index in [4.69, 9.17) is 0 Å². The van der Waals surface area contributed by atoms with Gasteiger partial charge in [0.1, 0.15) is 0 Å². The number of aliphatic hydroxyl groups excluding tert-OH is 1. The summed E-state index contributed by atoms with van der Waals surface area (Å²) in [6.45, 7) is 7.78. The van der Waals surface area contributed by atoms with Crippen molar-refractivity contribution in [2.75, 3.05) is 6.54 Å². The van der Waals surface area contributed by atoms with Gasteiger partial charge in [0.25, 0.3) is 0 Å². The summed E-state index contributed by atoms with van der Waals surface area (Å²) in [5.41, 5.74) is 2.60. The SMILES string of the molecule is CCC(C)(C)c1ccc(C(O)C2CCCCN2)cc1. The molecule has 0 amide bonds. The predicted octanol–water partition coefficient (Wildman–Crippen LogP) is 3.55. The van der Waals surface area contributed by atoms with Crippen molar-refractivity contribution in [2.24, 2.45) is 0 Å². The van der Waals surface area contributed by atoms with Crippen molar-refractivity contribution in [3.05, 3.63) is 35.4 Å². The van der Waals surface area contributed by atoms with Gasteiger partial charge in [-0.25, -0.2) is 0 Å². The summed E-state index contributed by atoms with van der Waals surface area (Å²) in [5.74, 6) is 0. The molecule has 2 heteroatoms. The van der Waals surface area contributed by atoms with E-state index in [1.165, 1.54) is 18.4 Å². The number of hydrogen-bond acceptors (Lipinski definition) is 2. The van der Waals surface area contributed by atoms with Gasteiger partial charge < -0.3 is 10.4 Å². The van der Waals surface area contributed by atoms with Gasteiger partial charge in [-0.1, -0.05) is 51.5 Å². The molecule has 1 saturated heterocycles. The number of hydrogen-bond donors (Lipinski definition) is 2. The lowest BCUT2D eigenvalue weighted by Crippen LogP contribution is -2.38. The second-order valence-electron chi connectivity index (χ2n) is 6.36. The van der Waals surface area contributed by atoms with E-state index >= 15 is 0 Å². The molecule has 2 N–H and O–H groups in total. The van der Waals surface area contributed by atoms with Gasteiger partial charge in [-0.3, -0.25) is 0 Å². The molecule has 0 aromatic heterocycles. The van der Waals surface area contributed by atoms with Crippen LogP contribution in [0.15, 0.2) is 24.3 Å². The van der Waals surface area contributed by atoms with Crippen molar-refractivity contribution >= 4 is 0 Å². The summed E-state index contributed by atoms with van der Waals surface area (Å²) in [7, 11) is 0. The molecule has 1 aromatic rings. The van der Waals surface area contributed by atoms with Crippen molar-refractivity contribution in [3.8, 4) is 0 Å². The third-order valence-electron chi connectivity index (χ3n) is 4.65. The minimum Gasteiger partial charge on any atom is -0.387 e. The lowest BCUT2D eigenvalue weighted by molar-refractivity contribution is 0.114. The fourth-order valence-corrected chi connectivity index (χ4v) is 2.72. The van der Waals surface area contributed by atoms with Gasteiger partial charge in [-0.15, -0.1) is 0 Å². The molecule has 0 spiro atoms. The highest BCUT2D eigenvalue weighted by atomic mass is 16.3. The van der Waals surface area contributed by atoms with Crippen LogP contribution in [-0.4, -0.2) is 17.7 Å². The second kappa shape index (κ2) is 6.06. The average Bonchev–Trinajstić information content (AvgIpc) is 2.47. The topological polar surface area (TPSA) is 32.3 Å². The predicted molar refractivity (Wildman–Crippen MR) is 80.4 cm³/mol. The number of nitrogens with one attached hydrogen (secondary N) is 1. The fraction of sp³-hybridized carbons (Fsp3) is 0.647. The molecular weight excluding hydrogens is 234 g/mol. The Morgan fingerprint density at radius 1 is 1.26 bits per heavy atom. The maximum atomic E-state index is 10.4. The van der Waals surface area contributed by atoms with E-state index < -0.39 is 0 Å². The van der Waals surface area contributed by atoms with Crippen LogP contribution in [0.25, 0.3) is 0 Å². The molecule has 2 unspecified atom stereocenters. The van der Waals surface area contributed by atoms with Crippen molar-refractivity contribution in [3.63, 3.8) is 0 Å². The van der Waals surface area contributed by atoms with E-state index in [1.54, 1.807) is 0 Å². The molecule has 1 heterocycles. The van der Waals surface area contributed by atoms with E-state index in [9.17, 15) is 5.11 Å². The maximum Gasteiger partial charge on any atom is 0.0942 e. The zero-order chi connectivity index (χ0) is 13.9. The van der Waals surface area contributed by atoms with Gasteiger partial charge in [0.2, 0.25) is 0 Å². The van der Waals surface area contributed by atoms with Crippen LogP contribution in [0, 0.1) is 0 Å². The average molecular weight is 261 g/mol. The number of piperidine rings is 1. The molecule has 1 aliphatic heterocycles. The molecule has 0 bridgehead atoms. The minimum absolute atomic E-state index is 0.215. The molecule has 1 aromatic carbocycles. The highest BCUT2D eigenvalue weighted by Crippen LogP contribution is 2.29. The van der Waals surface area contributed by atoms with Crippen LogP contribution < -0.4 is 5.32 Å². The Kier molecular flexibility index (Phi) is 4.64. The third-order valence-corrected chi connectivity index (χ3v) is 4.65. The van der Waals surface area contributed by atoms with Gasteiger partial charge in [0, 0.05) is 6.04 Å². The number of benzene rings is 1. The first-order chi connectivity index (χ1) is 9.04. The van der Waals surface area contributed by atoms with E-state index in [-0.39, 0.29) is 17.6 Å². The van der Waals surface area contributed by atoms with Crippen LogP contribution >= 0.6 is 0 Å². The van der Waals surface area contributed by atoms with E-state index in [0.29, 0.717) is 0 Å². The second-order valence-corrected chi connectivity index (χ2v) is 6.36. The van der Waals surface area contributed by atoms with Crippen LogP contribution in [0.5, 0.6) is 0 Å². The summed E-state index contributed by atoms with van der Waals surface area (Å²) in [4.78, 5) is 0. The van der Waals surface area contributed by atoms with Crippen molar-refractivity contribution in [1.82, 2.24) is 5.32 Å². The Labute approximate surface area is 117 Å². The zero-order valence-corrected chi connectivity index (χ0v) is 12.4. The Morgan fingerprint density at radius 3 is 2.47 bits per heavy atom. The van der Waals surface area contributed by atoms with Gasteiger partial charge in [0.15, 0.2) is 0 Å². The summed E-state index contributed by atoms with van der Waals surface area (Å²) in [6, 6.07) is 8.75. The van der Waals surface area contributed by atoms with Crippen LogP contribution in [0.1, 0.15) is 63.7 Å². The molecule has 0 aliphatic carbocycles. The van der Waals surface area contributed by atoms with E-state index in [1.807, 2.05) is 0 Å². The van der Waals surface area contributed by atoms with Gasteiger partial charge in [-0.05, 0) is 42.3 Å². The molecule has 106 valence electrons. The van der Waals surface area contributed by atoms with Gasteiger partial charge in [0.05, 0.1) is 6.10 Å². The van der Waals surface area contributed by atoms with Gasteiger partial charge >= 0.3 is 0 Å². The van der Waals surface area contributed by atoms with Crippen molar-refractivity contribution in [2.45, 2.75) is 64.0 Å².